The van der Waals surface area contributed by atoms with Gasteiger partial charge in [-0.25, -0.2) is 0 Å². The van der Waals surface area contributed by atoms with E-state index < -0.39 is 70.4 Å². The third-order valence-corrected chi connectivity index (χ3v) is 4.34. The van der Waals surface area contributed by atoms with Crippen LogP contribution in [0, 0.1) is 28.6 Å². The van der Waals surface area contributed by atoms with Crippen LogP contribution in [0.1, 0.15) is 0 Å². The molecule has 1 fully saturated rings. The van der Waals surface area contributed by atoms with Gasteiger partial charge in [-0.1, -0.05) is 0 Å². The second kappa shape index (κ2) is 20.2. The van der Waals surface area contributed by atoms with Crippen LogP contribution in [-0.4, -0.2) is 41.8 Å². The molecule has 0 heterocycles. The maximum Gasteiger partial charge on any atom is 1.00 e. The standard InChI is InChI=1S/C12H10O14.7Na/c13-4(14)1-2(5(15)16)11(7(19)20,8(21)22)12(9(23)24,10(25)26)3(1)6(17)18;;;;;;;/h1-3H,(H,13,14)(H,15,16)(H,17,18)(H,19,20)(H,21,22)(H,23,24)(H,25,26);;;;;;;/q;7*+1/p-7. The summed E-state index contributed by atoms with van der Waals surface area (Å²) < 4.78 is 0. The van der Waals surface area contributed by atoms with Gasteiger partial charge >= 0.3 is 207 Å². The molecule has 21 heteroatoms. The van der Waals surface area contributed by atoms with Crippen LogP contribution >= 0.6 is 0 Å². The molecular formula is C12H3Na7O14. The van der Waals surface area contributed by atoms with Crippen LogP contribution < -0.4 is 243 Å². The molecule has 0 aromatic rings. The van der Waals surface area contributed by atoms with Gasteiger partial charge in [-0.2, -0.15) is 0 Å². The summed E-state index contributed by atoms with van der Waals surface area (Å²) in [6, 6.07) is 0. The van der Waals surface area contributed by atoms with Crippen molar-refractivity contribution < 1.29 is 276 Å². The summed E-state index contributed by atoms with van der Waals surface area (Å²) in [6.07, 6.45) is 0. The molecule has 1 aliphatic carbocycles. The number of carboxylic acids is 7. The third-order valence-electron chi connectivity index (χ3n) is 4.34. The summed E-state index contributed by atoms with van der Waals surface area (Å²) in [4.78, 5) is 79.2. The van der Waals surface area contributed by atoms with Crippen molar-refractivity contribution in [1.29, 1.82) is 0 Å². The maximum atomic E-state index is 11.4. The minimum Gasteiger partial charge on any atom is -0.550 e. The monoisotopic (exact) mass is 532 g/mol. The van der Waals surface area contributed by atoms with Crippen molar-refractivity contribution in [3.05, 3.63) is 0 Å². The second-order valence-electron chi connectivity index (χ2n) is 5.20. The predicted molar refractivity (Wildman–Crippen MR) is 50.4 cm³/mol. The number of rotatable bonds is 7. The van der Waals surface area contributed by atoms with Crippen molar-refractivity contribution >= 4 is 41.8 Å². The topological polar surface area (TPSA) is 281 Å². The molecule has 0 radical (unpaired) electrons. The molecule has 1 aliphatic rings. The van der Waals surface area contributed by atoms with Crippen molar-refractivity contribution in [2.75, 3.05) is 0 Å². The maximum absolute atomic E-state index is 11.4. The molecule has 0 aliphatic heterocycles. The van der Waals surface area contributed by atoms with E-state index in [2.05, 4.69) is 0 Å². The molecule has 1 rings (SSSR count). The molecule has 0 spiro atoms. The van der Waals surface area contributed by atoms with Gasteiger partial charge in [-0.05, 0) is 0 Å². The zero-order valence-corrected chi connectivity index (χ0v) is 32.9. The fourth-order valence-electron chi connectivity index (χ4n) is 3.46. The summed E-state index contributed by atoms with van der Waals surface area (Å²) in [5.41, 5.74) is -9.64. The molecule has 0 aromatic heterocycles. The first-order chi connectivity index (χ1) is 11.7. The smallest absolute Gasteiger partial charge is 0.550 e. The molecule has 33 heavy (non-hydrogen) atoms. The number of hydrogen-bond donors (Lipinski definition) is 0. The molecule has 0 N–H and O–H groups in total. The largest absolute Gasteiger partial charge is 1.00 e. The first-order valence-electron chi connectivity index (χ1n) is 6.22. The van der Waals surface area contributed by atoms with Gasteiger partial charge < -0.3 is 69.3 Å². The average molecular weight is 532 g/mol. The van der Waals surface area contributed by atoms with E-state index in [-0.39, 0.29) is 207 Å². The number of carboxylic acid groups (broad SMARTS) is 7. The van der Waals surface area contributed by atoms with E-state index in [1.807, 2.05) is 0 Å². The summed E-state index contributed by atoms with van der Waals surface area (Å²) >= 11 is 0. The molecular weight excluding hydrogens is 529 g/mol. The first-order valence-corrected chi connectivity index (χ1v) is 6.22. The quantitative estimate of drug-likeness (QED) is 0.217. The van der Waals surface area contributed by atoms with Gasteiger partial charge in [-0.3, -0.25) is 0 Å². The van der Waals surface area contributed by atoms with E-state index in [0.717, 1.165) is 0 Å². The van der Waals surface area contributed by atoms with Crippen LogP contribution in [0.15, 0.2) is 0 Å². The van der Waals surface area contributed by atoms with Gasteiger partial charge in [0, 0.05) is 35.7 Å². The van der Waals surface area contributed by atoms with Crippen LogP contribution in [-0.2, 0) is 33.6 Å². The first kappa shape index (κ1) is 52.7. The molecule has 2 atom stereocenters. The van der Waals surface area contributed by atoms with Crippen LogP contribution in [0.5, 0.6) is 0 Å². The third kappa shape index (κ3) is 8.39. The fourth-order valence-corrected chi connectivity index (χ4v) is 3.46. The van der Waals surface area contributed by atoms with Crippen LogP contribution in [0.2, 0.25) is 0 Å². The Kier molecular flexibility index (Phi) is 32.3. The predicted octanol–water partition coefficient (Wildman–Crippen LogP) is -32.9. The van der Waals surface area contributed by atoms with Gasteiger partial charge in [0.2, 0.25) is 0 Å². The molecule has 1 saturated carbocycles. The van der Waals surface area contributed by atoms with E-state index in [9.17, 15) is 69.3 Å². The Hall–Kier alpha value is 3.29. The Morgan fingerprint density at radius 3 is 0.667 bits per heavy atom. The summed E-state index contributed by atoms with van der Waals surface area (Å²) in [6.45, 7) is 0. The fraction of sp³-hybridized carbons (Fsp3) is 0.417. The van der Waals surface area contributed by atoms with E-state index in [1.54, 1.807) is 0 Å². The van der Waals surface area contributed by atoms with Crippen molar-refractivity contribution in [1.82, 2.24) is 0 Å². The van der Waals surface area contributed by atoms with Crippen molar-refractivity contribution in [3.8, 4) is 0 Å². The van der Waals surface area contributed by atoms with Crippen molar-refractivity contribution in [2.45, 2.75) is 0 Å². The van der Waals surface area contributed by atoms with Gasteiger partial charge in [0.1, 0.15) is 0 Å². The van der Waals surface area contributed by atoms with Gasteiger partial charge in [0.15, 0.2) is 0 Å². The minimum absolute atomic E-state index is 0. The van der Waals surface area contributed by atoms with Gasteiger partial charge in [0.05, 0.1) is 34.7 Å². The Balaban J connectivity index is -0.000000193. The van der Waals surface area contributed by atoms with E-state index in [1.165, 1.54) is 0 Å². The van der Waals surface area contributed by atoms with Crippen LogP contribution in [0.3, 0.4) is 0 Å². The van der Waals surface area contributed by atoms with Gasteiger partial charge in [-0.15, -0.1) is 0 Å². The van der Waals surface area contributed by atoms with Crippen molar-refractivity contribution in [2.24, 2.45) is 28.6 Å². The van der Waals surface area contributed by atoms with Crippen LogP contribution in [0.4, 0.5) is 0 Å². The number of aliphatic carboxylic acids is 7. The molecule has 14 nitrogen and oxygen atoms in total. The Bertz CT molecular complexity index is 688. The molecule has 2 unspecified atom stereocenters. The summed E-state index contributed by atoms with van der Waals surface area (Å²) in [5.74, 6) is -32.6. The van der Waals surface area contributed by atoms with E-state index >= 15 is 0 Å². The Morgan fingerprint density at radius 1 is 0.394 bits per heavy atom. The van der Waals surface area contributed by atoms with Gasteiger partial charge in [0.25, 0.3) is 0 Å². The zero-order valence-electron chi connectivity index (χ0n) is 18.9. The summed E-state index contributed by atoms with van der Waals surface area (Å²) in [5, 5.41) is 79.2. The molecule has 0 saturated heterocycles. The molecule has 0 aromatic carbocycles. The molecule has 142 valence electrons. The zero-order chi connectivity index (χ0) is 20.8. The average Bonchev–Trinajstić information content (AvgIpc) is 2.76. The van der Waals surface area contributed by atoms with E-state index in [0.29, 0.717) is 0 Å². The minimum atomic E-state index is -4.82. The summed E-state index contributed by atoms with van der Waals surface area (Å²) in [7, 11) is 0. The second-order valence-corrected chi connectivity index (χ2v) is 5.20. The SMILES string of the molecule is O=C([O-])C1C(C(=O)[O-])C(C(=O)[O-])(C(=O)[O-])C(C(=O)[O-])(C(=O)[O-])C1C(=O)[O-].[Na+].[Na+].[Na+].[Na+].[Na+].[Na+].[Na+]. The van der Waals surface area contributed by atoms with Crippen molar-refractivity contribution in [3.63, 3.8) is 0 Å². The van der Waals surface area contributed by atoms with E-state index in [4.69, 9.17) is 0 Å². The van der Waals surface area contributed by atoms with Crippen LogP contribution in [0.25, 0.3) is 0 Å². The number of hydrogen-bond acceptors (Lipinski definition) is 14. The Morgan fingerprint density at radius 2 is 0.576 bits per heavy atom. The normalized spacial score (nSPS) is 20.3. The molecule has 0 bridgehead atoms. The number of carbonyl (C=O) groups excluding carboxylic acids is 7. The Labute approximate surface area is 339 Å². The molecule has 0 amide bonds. The number of carbonyl (C=O) groups is 7.